The quantitative estimate of drug-likeness (QED) is 0.252. The van der Waals surface area contributed by atoms with E-state index in [1.807, 2.05) is 0 Å². The number of anilines is 1. The van der Waals surface area contributed by atoms with E-state index in [1.54, 1.807) is 63.2 Å². The summed E-state index contributed by atoms with van der Waals surface area (Å²) in [6.45, 7) is 6.75. The lowest BCUT2D eigenvalue weighted by Gasteiger charge is -2.47. The zero-order valence-corrected chi connectivity index (χ0v) is 26.7. The minimum atomic E-state index is -1.49. The summed E-state index contributed by atoms with van der Waals surface area (Å²) >= 11 is 12.8. The first-order valence-corrected chi connectivity index (χ1v) is 15.2. The molecule has 0 aromatic heterocycles. The van der Waals surface area contributed by atoms with Crippen molar-refractivity contribution >= 4 is 52.5 Å². The number of nitrogens with one attached hydrogen (secondary N) is 4. The predicted molar refractivity (Wildman–Crippen MR) is 169 cm³/mol. The van der Waals surface area contributed by atoms with Gasteiger partial charge >= 0.3 is 0 Å². The van der Waals surface area contributed by atoms with Crippen LogP contribution in [0.3, 0.4) is 0 Å². The van der Waals surface area contributed by atoms with Crippen LogP contribution in [0, 0.1) is 12.7 Å². The Bertz CT molecular complexity index is 1710. The van der Waals surface area contributed by atoms with Gasteiger partial charge in [0.2, 0.25) is 17.7 Å². The number of piperidine rings is 1. The van der Waals surface area contributed by atoms with Crippen LogP contribution in [-0.2, 0) is 24.6 Å². The summed E-state index contributed by atoms with van der Waals surface area (Å²) in [5, 5.41) is 12.0. The summed E-state index contributed by atoms with van der Waals surface area (Å²) in [6, 6.07) is 13.1. The molecule has 2 aliphatic heterocycles. The molecule has 9 nitrogen and oxygen atoms in total. The van der Waals surface area contributed by atoms with Crippen molar-refractivity contribution in [3.63, 3.8) is 0 Å². The van der Waals surface area contributed by atoms with Crippen molar-refractivity contribution in [1.29, 1.82) is 0 Å². The van der Waals surface area contributed by atoms with Gasteiger partial charge in [0, 0.05) is 53.6 Å². The number of aryl methyl sites for hydroxylation is 1. The minimum Gasteiger partial charge on any atom is -0.478 e. The van der Waals surface area contributed by atoms with Gasteiger partial charge in [0.15, 0.2) is 5.60 Å². The van der Waals surface area contributed by atoms with E-state index in [0.29, 0.717) is 38.0 Å². The number of rotatable bonds is 8. The van der Waals surface area contributed by atoms with Crippen molar-refractivity contribution in [2.24, 2.45) is 0 Å². The second-order valence-electron chi connectivity index (χ2n) is 11.8. The molecule has 3 aromatic rings. The molecule has 5 rings (SSSR count). The Morgan fingerprint density at radius 2 is 1.69 bits per heavy atom. The number of ether oxygens (including phenoxy) is 1. The Balaban J connectivity index is 1.65. The molecular weight excluding hydrogens is 622 g/mol. The molecule has 2 heterocycles. The van der Waals surface area contributed by atoms with Crippen LogP contribution in [0.4, 0.5) is 10.1 Å². The number of benzene rings is 3. The third kappa shape index (κ3) is 6.09. The smallest absolute Gasteiger partial charge is 0.263 e. The van der Waals surface area contributed by atoms with E-state index >= 15 is 0 Å². The van der Waals surface area contributed by atoms with E-state index in [2.05, 4.69) is 21.3 Å². The third-order valence-electron chi connectivity index (χ3n) is 8.35. The molecule has 0 saturated carbocycles. The van der Waals surface area contributed by atoms with Crippen LogP contribution >= 0.6 is 23.2 Å². The number of amides is 4. The van der Waals surface area contributed by atoms with E-state index in [1.165, 1.54) is 19.1 Å². The summed E-state index contributed by atoms with van der Waals surface area (Å²) in [5.41, 5.74) is -0.322. The molecule has 2 unspecified atom stereocenters. The Labute approximate surface area is 270 Å². The molecule has 0 bridgehead atoms. The maximum Gasteiger partial charge on any atom is 0.263 e. The fourth-order valence-corrected chi connectivity index (χ4v) is 6.63. The van der Waals surface area contributed by atoms with Gasteiger partial charge in [0.05, 0.1) is 6.04 Å². The highest BCUT2D eigenvalue weighted by molar-refractivity contribution is 6.31. The second kappa shape index (κ2) is 12.3. The van der Waals surface area contributed by atoms with Crippen LogP contribution in [-0.4, -0.2) is 42.3 Å². The highest BCUT2D eigenvalue weighted by Gasteiger charge is 2.62. The number of hydrogen-bond donors (Lipinski definition) is 4. The maximum atomic E-state index is 14.7. The summed E-state index contributed by atoms with van der Waals surface area (Å²) in [6.07, 6.45) is -0.138. The molecular formula is C33H33Cl2FN4O5. The van der Waals surface area contributed by atoms with Gasteiger partial charge < -0.3 is 26.0 Å². The number of fused-ring (bicyclic) bond motifs is 2. The van der Waals surface area contributed by atoms with Crippen molar-refractivity contribution in [3.8, 4) is 5.75 Å². The largest absolute Gasteiger partial charge is 0.478 e. The molecule has 45 heavy (non-hydrogen) atoms. The molecule has 0 radical (unpaired) electrons. The molecule has 4 amide bonds. The van der Waals surface area contributed by atoms with Crippen molar-refractivity contribution in [2.75, 3.05) is 18.4 Å². The topological polar surface area (TPSA) is 126 Å². The zero-order chi connectivity index (χ0) is 32.7. The first-order chi connectivity index (χ1) is 21.2. The van der Waals surface area contributed by atoms with Gasteiger partial charge in [0.25, 0.3) is 5.91 Å². The van der Waals surface area contributed by atoms with E-state index in [-0.39, 0.29) is 37.1 Å². The van der Waals surface area contributed by atoms with Gasteiger partial charge in [-0.1, -0.05) is 35.3 Å². The molecule has 12 heteroatoms. The van der Waals surface area contributed by atoms with Crippen molar-refractivity contribution in [2.45, 2.75) is 57.1 Å². The Hall–Kier alpha value is -4.15. The lowest BCUT2D eigenvalue weighted by atomic mass is 9.59. The van der Waals surface area contributed by atoms with Crippen LogP contribution in [0.25, 0.3) is 0 Å². The zero-order valence-electron chi connectivity index (χ0n) is 25.1. The Morgan fingerprint density at radius 3 is 2.42 bits per heavy atom. The van der Waals surface area contributed by atoms with E-state index in [9.17, 15) is 23.6 Å². The van der Waals surface area contributed by atoms with Crippen LogP contribution in [0.1, 0.15) is 61.4 Å². The number of carbonyl (C=O) groups excluding carboxylic acids is 4. The summed E-state index contributed by atoms with van der Waals surface area (Å²) in [7, 11) is 0. The van der Waals surface area contributed by atoms with Gasteiger partial charge in [-0.3, -0.25) is 19.2 Å². The van der Waals surface area contributed by atoms with E-state index in [4.69, 9.17) is 27.9 Å². The molecule has 3 atom stereocenters. The molecule has 4 N–H and O–H groups in total. The van der Waals surface area contributed by atoms with E-state index < -0.39 is 40.6 Å². The van der Waals surface area contributed by atoms with Gasteiger partial charge in [-0.2, -0.15) is 0 Å². The number of carbonyl (C=O) groups is 4. The first-order valence-electron chi connectivity index (χ1n) is 14.4. The predicted octanol–water partition coefficient (Wildman–Crippen LogP) is 5.09. The van der Waals surface area contributed by atoms with Gasteiger partial charge in [-0.15, -0.1) is 0 Å². The molecule has 0 aliphatic carbocycles. The van der Waals surface area contributed by atoms with Crippen LogP contribution < -0.4 is 26.0 Å². The molecule has 3 aromatic carbocycles. The number of halogens is 3. The Kier molecular flexibility index (Phi) is 8.83. The van der Waals surface area contributed by atoms with Crippen molar-refractivity contribution in [3.05, 3.63) is 92.7 Å². The lowest BCUT2D eigenvalue weighted by Crippen LogP contribution is -2.57. The summed E-state index contributed by atoms with van der Waals surface area (Å²) < 4.78 is 21.1. The molecule has 1 spiro atoms. The van der Waals surface area contributed by atoms with Crippen molar-refractivity contribution < 1.29 is 28.3 Å². The second-order valence-corrected chi connectivity index (χ2v) is 12.7. The highest BCUT2D eigenvalue weighted by Crippen LogP contribution is 2.59. The van der Waals surface area contributed by atoms with Crippen LogP contribution in [0.15, 0.2) is 54.6 Å². The summed E-state index contributed by atoms with van der Waals surface area (Å²) in [4.78, 5) is 52.3. The lowest BCUT2D eigenvalue weighted by molar-refractivity contribution is -0.135. The SMILES string of the molecule is CC(=O)NCCNC(=O)C(C)(C)Oc1ccc(Cl)cc1C1CC(=O)N[C@@H](c2cc(F)ccc2C)C12C(=O)Nc1cc(Cl)ccc12. The Morgan fingerprint density at radius 1 is 1.00 bits per heavy atom. The minimum absolute atomic E-state index is 0.138. The molecule has 1 saturated heterocycles. The fraction of sp³-hybridized carbons (Fsp3) is 0.333. The number of hydrogen-bond acceptors (Lipinski definition) is 5. The van der Waals surface area contributed by atoms with Gasteiger partial charge in [-0.25, -0.2) is 4.39 Å². The van der Waals surface area contributed by atoms with Crippen LogP contribution in [0.2, 0.25) is 10.0 Å². The molecule has 2 aliphatic rings. The first kappa shape index (κ1) is 32.2. The average Bonchev–Trinajstić information content (AvgIpc) is 3.25. The van der Waals surface area contributed by atoms with Gasteiger partial charge in [0.1, 0.15) is 17.0 Å². The maximum absolute atomic E-state index is 14.7. The fourth-order valence-electron chi connectivity index (χ4n) is 6.28. The average molecular weight is 656 g/mol. The van der Waals surface area contributed by atoms with E-state index in [0.717, 1.165) is 0 Å². The standard InChI is InChI=1S/C33H33Cl2FN4O5/c1-17-5-8-21(36)15-22(17)29-33(24-9-6-20(35)14-26(24)39-31(33)44)25(16-28(42)40-29)23-13-19(34)7-10-27(23)45-32(3,4)30(43)38-12-11-37-18(2)41/h5-10,13-15,25,29H,11-12,16H2,1-4H3,(H,37,41)(H,38,43)(H,39,44)(H,40,42)/t25?,29-,33?/m0/s1. The van der Waals surface area contributed by atoms with Crippen molar-refractivity contribution in [1.82, 2.24) is 16.0 Å². The van der Waals surface area contributed by atoms with Crippen LogP contribution in [0.5, 0.6) is 5.75 Å². The summed E-state index contributed by atoms with van der Waals surface area (Å²) in [5.74, 6) is -2.59. The van der Waals surface area contributed by atoms with Gasteiger partial charge in [-0.05, 0) is 79.9 Å². The normalized spacial score (nSPS) is 20.7. The highest BCUT2D eigenvalue weighted by atomic mass is 35.5. The molecule has 236 valence electrons. The monoisotopic (exact) mass is 654 g/mol. The molecule has 1 fully saturated rings. The third-order valence-corrected chi connectivity index (χ3v) is 8.82.